The van der Waals surface area contributed by atoms with Gasteiger partial charge in [0.05, 0.1) is 0 Å². The molecule has 1 N–H and O–H groups in total. The van der Waals surface area contributed by atoms with Crippen LogP contribution in [0, 0.1) is 0 Å². The second-order valence-corrected chi connectivity index (χ2v) is 4.62. The maximum absolute atomic E-state index is 3.76. The molecule has 0 radical (unpaired) electrons. The van der Waals surface area contributed by atoms with Gasteiger partial charge in [-0.15, -0.1) is 0 Å². The number of hydrogen-bond acceptors (Lipinski definition) is 2. The number of hydrogen-bond donors (Lipinski definition) is 1. The van der Waals surface area contributed by atoms with Crippen LogP contribution in [0.3, 0.4) is 0 Å². The maximum atomic E-state index is 3.76. The van der Waals surface area contributed by atoms with E-state index < -0.39 is 0 Å². The van der Waals surface area contributed by atoms with E-state index >= 15 is 0 Å². The lowest BCUT2D eigenvalue weighted by Gasteiger charge is -2.24. The van der Waals surface area contributed by atoms with Crippen molar-refractivity contribution in [2.75, 3.05) is 13.1 Å². The summed E-state index contributed by atoms with van der Waals surface area (Å²) in [4.78, 5) is 2.67. The molecule has 0 bridgehead atoms. The van der Waals surface area contributed by atoms with Gasteiger partial charge in [-0.05, 0) is 39.2 Å². The third-order valence-corrected chi connectivity index (χ3v) is 3.72. The Hall–Kier alpha value is -0.0800. The fraction of sp³-hybridized carbons (Fsp3) is 1.00. The van der Waals surface area contributed by atoms with Gasteiger partial charge in [0.2, 0.25) is 0 Å². The summed E-state index contributed by atoms with van der Waals surface area (Å²) in [6, 6.07) is 2.36. The fourth-order valence-electron chi connectivity index (χ4n) is 2.76. The summed E-state index contributed by atoms with van der Waals surface area (Å²) in [5, 5.41) is 3.76. The van der Waals surface area contributed by atoms with Crippen molar-refractivity contribution >= 4 is 0 Å². The molecule has 0 aromatic rings. The molecule has 0 saturated carbocycles. The zero-order chi connectivity index (χ0) is 9.26. The average Bonchev–Trinajstić information content (AvgIpc) is 2.69. The van der Waals surface area contributed by atoms with Crippen LogP contribution >= 0.6 is 0 Å². The molecule has 3 unspecified atom stereocenters. The molecule has 76 valence electrons. The second-order valence-electron chi connectivity index (χ2n) is 4.62. The summed E-state index contributed by atoms with van der Waals surface area (Å²) in [6.07, 6.45) is 5.47. The van der Waals surface area contributed by atoms with Crippen LogP contribution in [0.5, 0.6) is 0 Å². The Morgan fingerprint density at radius 2 is 2.23 bits per heavy atom. The first-order chi connectivity index (χ1) is 6.31. The SMILES string of the molecule is CCC(C)NC1CCN2CCCC12. The van der Waals surface area contributed by atoms with E-state index in [1.807, 2.05) is 0 Å². The molecular weight excluding hydrogens is 160 g/mol. The molecular formula is C11H22N2. The molecule has 3 atom stereocenters. The summed E-state index contributed by atoms with van der Waals surface area (Å²) in [7, 11) is 0. The topological polar surface area (TPSA) is 15.3 Å². The minimum absolute atomic E-state index is 0.700. The van der Waals surface area contributed by atoms with Crippen molar-refractivity contribution in [1.82, 2.24) is 10.2 Å². The van der Waals surface area contributed by atoms with Crippen molar-refractivity contribution in [3.05, 3.63) is 0 Å². The third-order valence-electron chi connectivity index (χ3n) is 3.72. The fourth-order valence-corrected chi connectivity index (χ4v) is 2.76. The molecule has 0 aliphatic carbocycles. The largest absolute Gasteiger partial charge is 0.310 e. The summed E-state index contributed by atoms with van der Waals surface area (Å²) < 4.78 is 0. The van der Waals surface area contributed by atoms with Crippen molar-refractivity contribution in [1.29, 1.82) is 0 Å². The van der Waals surface area contributed by atoms with Crippen LogP contribution < -0.4 is 5.32 Å². The van der Waals surface area contributed by atoms with Crippen LogP contribution in [0.1, 0.15) is 39.5 Å². The zero-order valence-electron chi connectivity index (χ0n) is 8.92. The van der Waals surface area contributed by atoms with E-state index in [0.29, 0.717) is 6.04 Å². The molecule has 2 rings (SSSR count). The van der Waals surface area contributed by atoms with Crippen LogP contribution in [0.25, 0.3) is 0 Å². The monoisotopic (exact) mass is 182 g/mol. The van der Waals surface area contributed by atoms with Crippen LogP contribution in [0.15, 0.2) is 0 Å². The van der Waals surface area contributed by atoms with Crippen molar-refractivity contribution < 1.29 is 0 Å². The highest BCUT2D eigenvalue weighted by Crippen LogP contribution is 2.28. The van der Waals surface area contributed by atoms with Crippen molar-refractivity contribution in [3.8, 4) is 0 Å². The standard InChI is InChI=1S/C11H22N2/c1-3-9(2)12-10-6-8-13-7-4-5-11(10)13/h9-12H,3-8H2,1-2H3. The van der Waals surface area contributed by atoms with Gasteiger partial charge >= 0.3 is 0 Å². The Labute approximate surface area is 81.7 Å². The lowest BCUT2D eigenvalue weighted by Crippen LogP contribution is -2.43. The lowest BCUT2D eigenvalue weighted by molar-refractivity contribution is 0.289. The minimum Gasteiger partial charge on any atom is -0.310 e. The number of rotatable bonds is 3. The molecule has 0 spiro atoms. The quantitative estimate of drug-likeness (QED) is 0.713. The molecule has 2 fully saturated rings. The van der Waals surface area contributed by atoms with E-state index in [9.17, 15) is 0 Å². The first-order valence-corrected chi connectivity index (χ1v) is 5.81. The van der Waals surface area contributed by atoms with Crippen LogP contribution in [-0.2, 0) is 0 Å². The van der Waals surface area contributed by atoms with Crippen molar-refractivity contribution in [2.45, 2.75) is 57.7 Å². The van der Waals surface area contributed by atoms with Gasteiger partial charge in [0.1, 0.15) is 0 Å². The molecule has 2 heteroatoms. The van der Waals surface area contributed by atoms with E-state index in [1.54, 1.807) is 0 Å². The maximum Gasteiger partial charge on any atom is 0.0250 e. The normalized spacial score (nSPS) is 36.5. The Bertz CT molecular complexity index is 169. The number of nitrogens with one attached hydrogen (secondary N) is 1. The molecule has 2 aliphatic heterocycles. The minimum atomic E-state index is 0.700. The lowest BCUT2D eigenvalue weighted by atomic mass is 10.1. The molecule has 2 saturated heterocycles. The van der Waals surface area contributed by atoms with E-state index in [0.717, 1.165) is 12.1 Å². The Kier molecular flexibility index (Phi) is 2.89. The van der Waals surface area contributed by atoms with Crippen LogP contribution in [0.2, 0.25) is 0 Å². The average molecular weight is 182 g/mol. The Morgan fingerprint density at radius 3 is 3.00 bits per heavy atom. The number of fused-ring (bicyclic) bond motifs is 1. The van der Waals surface area contributed by atoms with Gasteiger partial charge in [0.15, 0.2) is 0 Å². The highest BCUT2D eigenvalue weighted by Gasteiger charge is 2.36. The highest BCUT2D eigenvalue weighted by molar-refractivity contribution is 4.96. The predicted molar refractivity (Wildman–Crippen MR) is 55.9 cm³/mol. The van der Waals surface area contributed by atoms with Crippen LogP contribution in [0.4, 0.5) is 0 Å². The van der Waals surface area contributed by atoms with Gasteiger partial charge in [-0.25, -0.2) is 0 Å². The van der Waals surface area contributed by atoms with Crippen molar-refractivity contribution in [2.24, 2.45) is 0 Å². The first kappa shape index (κ1) is 9.47. The molecule has 2 aliphatic rings. The van der Waals surface area contributed by atoms with Gasteiger partial charge in [-0.1, -0.05) is 6.92 Å². The van der Waals surface area contributed by atoms with Crippen molar-refractivity contribution in [3.63, 3.8) is 0 Å². The van der Waals surface area contributed by atoms with E-state index in [2.05, 4.69) is 24.1 Å². The molecule has 0 aromatic carbocycles. The van der Waals surface area contributed by atoms with Gasteiger partial charge in [0, 0.05) is 24.7 Å². The van der Waals surface area contributed by atoms with E-state index in [4.69, 9.17) is 0 Å². The molecule has 0 amide bonds. The molecule has 0 aromatic heterocycles. The van der Waals surface area contributed by atoms with Gasteiger partial charge in [-0.3, -0.25) is 4.90 Å². The predicted octanol–water partition coefficient (Wildman–Crippen LogP) is 1.61. The third kappa shape index (κ3) is 1.89. The smallest absolute Gasteiger partial charge is 0.0250 e. The molecule has 13 heavy (non-hydrogen) atoms. The summed E-state index contributed by atoms with van der Waals surface area (Å²) in [5.74, 6) is 0. The van der Waals surface area contributed by atoms with Crippen LogP contribution in [-0.4, -0.2) is 36.1 Å². The van der Waals surface area contributed by atoms with E-state index in [-0.39, 0.29) is 0 Å². The van der Waals surface area contributed by atoms with Gasteiger partial charge in [0.25, 0.3) is 0 Å². The van der Waals surface area contributed by atoms with Gasteiger partial charge < -0.3 is 5.32 Å². The second kappa shape index (κ2) is 3.97. The van der Waals surface area contributed by atoms with Gasteiger partial charge in [-0.2, -0.15) is 0 Å². The summed E-state index contributed by atoms with van der Waals surface area (Å²) in [6.45, 7) is 7.25. The molecule has 2 nitrogen and oxygen atoms in total. The Balaban J connectivity index is 1.86. The zero-order valence-corrected chi connectivity index (χ0v) is 8.92. The highest BCUT2D eigenvalue weighted by atomic mass is 15.2. The summed E-state index contributed by atoms with van der Waals surface area (Å²) in [5.41, 5.74) is 0. The Morgan fingerprint density at radius 1 is 1.38 bits per heavy atom. The number of nitrogens with zero attached hydrogens (tertiary/aromatic N) is 1. The molecule has 2 heterocycles. The van der Waals surface area contributed by atoms with E-state index in [1.165, 1.54) is 38.8 Å². The summed E-state index contributed by atoms with van der Waals surface area (Å²) >= 11 is 0. The first-order valence-electron chi connectivity index (χ1n) is 5.81.